The van der Waals surface area contributed by atoms with Gasteiger partial charge in [0, 0.05) is 52.0 Å². The van der Waals surface area contributed by atoms with Crippen molar-refractivity contribution in [1.29, 1.82) is 0 Å². The van der Waals surface area contributed by atoms with Crippen LogP contribution in [0.25, 0.3) is 0 Å². The van der Waals surface area contributed by atoms with Gasteiger partial charge >= 0.3 is 0 Å². The van der Waals surface area contributed by atoms with Gasteiger partial charge < -0.3 is 14.7 Å². The Bertz CT molecular complexity index is 365. The number of aromatic nitrogens is 2. The first-order chi connectivity index (χ1) is 8.09. The van der Waals surface area contributed by atoms with E-state index in [0.717, 1.165) is 4.47 Å². The minimum atomic E-state index is -0.691. The fourth-order valence-electron chi connectivity index (χ4n) is 1.92. The maximum absolute atomic E-state index is 10.4. The molecule has 1 N–H and O–H groups in total. The van der Waals surface area contributed by atoms with Gasteiger partial charge in [-0.2, -0.15) is 0 Å². The molecule has 17 heavy (non-hydrogen) atoms. The highest BCUT2D eigenvalue weighted by molar-refractivity contribution is 9.10. The zero-order chi connectivity index (χ0) is 12.3. The van der Waals surface area contributed by atoms with Crippen LogP contribution in [0.3, 0.4) is 0 Å². The van der Waals surface area contributed by atoms with E-state index in [4.69, 9.17) is 4.74 Å². The maximum Gasteiger partial charge on any atom is 0.225 e. The van der Waals surface area contributed by atoms with Gasteiger partial charge in [0.05, 0.1) is 10.1 Å². The van der Waals surface area contributed by atoms with Crippen LogP contribution in [-0.4, -0.2) is 47.5 Å². The van der Waals surface area contributed by atoms with Crippen molar-refractivity contribution in [3.05, 3.63) is 16.9 Å². The SMILES string of the molecule is CN(CC1(O)CCOCC1)c1ncc(Br)cn1. The van der Waals surface area contributed by atoms with Crippen LogP contribution in [0.15, 0.2) is 16.9 Å². The molecule has 0 radical (unpaired) electrons. The number of likely N-dealkylation sites (N-methyl/N-ethyl adjacent to an activating group) is 1. The van der Waals surface area contributed by atoms with Crippen LogP contribution in [-0.2, 0) is 4.74 Å². The van der Waals surface area contributed by atoms with Crippen molar-refractivity contribution in [3.63, 3.8) is 0 Å². The van der Waals surface area contributed by atoms with E-state index in [-0.39, 0.29) is 0 Å². The van der Waals surface area contributed by atoms with Crippen molar-refractivity contribution in [1.82, 2.24) is 9.97 Å². The Morgan fingerprint density at radius 1 is 1.41 bits per heavy atom. The molecule has 1 aliphatic rings. The van der Waals surface area contributed by atoms with E-state index in [9.17, 15) is 5.11 Å². The largest absolute Gasteiger partial charge is 0.388 e. The second kappa shape index (κ2) is 5.29. The van der Waals surface area contributed by atoms with E-state index in [0.29, 0.717) is 38.5 Å². The van der Waals surface area contributed by atoms with Crippen LogP contribution in [0.5, 0.6) is 0 Å². The summed E-state index contributed by atoms with van der Waals surface area (Å²) in [5, 5.41) is 10.4. The summed E-state index contributed by atoms with van der Waals surface area (Å²) in [6.07, 6.45) is 4.72. The third kappa shape index (κ3) is 3.37. The smallest absolute Gasteiger partial charge is 0.225 e. The minimum absolute atomic E-state index is 0.526. The second-order valence-corrected chi connectivity index (χ2v) is 5.31. The molecular formula is C11H16BrN3O2. The number of hydrogen-bond donors (Lipinski definition) is 1. The summed E-state index contributed by atoms with van der Waals surface area (Å²) in [5.41, 5.74) is -0.691. The third-order valence-electron chi connectivity index (χ3n) is 2.90. The number of nitrogens with zero attached hydrogens (tertiary/aromatic N) is 3. The third-order valence-corrected chi connectivity index (χ3v) is 3.31. The average Bonchev–Trinajstić information content (AvgIpc) is 2.30. The molecule has 0 aliphatic carbocycles. The lowest BCUT2D eigenvalue weighted by Gasteiger charge is -2.35. The Hall–Kier alpha value is -0.720. The molecule has 2 heterocycles. The molecule has 0 saturated carbocycles. The van der Waals surface area contributed by atoms with Crippen molar-refractivity contribution >= 4 is 21.9 Å². The normalized spacial score (nSPS) is 19.0. The summed E-state index contributed by atoms with van der Waals surface area (Å²) in [6.45, 7) is 1.76. The van der Waals surface area contributed by atoms with Crippen molar-refractivity contribution in [3.8, 4) is 0 Å². The van der Waals surface area contributed by atoms with Gasteiger partial charge in [0.2, 0.25) is 5.95 Å². The number of hydrogen-bond acceptors (Lipinski definition) is 5. The number of anilines is 1. The standard InChI is InChI=1S/C11H16BrN3O2/c1-15(10-13-6-9(12)7-14-10)8-11(16)2-4-17-5-3-11/h6-7,16H,2-5,8H2,1H3. The molecule has 5 nitrogen and oxygen atoms in total. The fraction of sp³-hybridized carbons (Fsp3) is 0.636. The van der Waals surface area contributed by atoms with Crippen molar-refractivity contribution in [2.24, 2.45) is 0 Å². The predicted molar refractivity (Wildman–Crippen MR) is 68.0 cm³/mol. The van der Waals surface area contributed by atoms with Gasteiger partial charge in [0.25, 0.3) is 0 Å². The Kier molecular flexibility index (Phi) is 3.96. The maximum atomic E-state index is 10.4. The summed E-state index contributed by atoms with van der Waals surface area (Å²) in [7, 11) is 1.89. The van der Waals surface area contributed by atoms with Crippen molar-refractivity contribution in [2.75, 3.05) is 31.7 Å². The molecule has 0 unspecified atom stereocenters. The molecule has 0 bridgehead atoms. The van der Waals surface area contributed by atoms with Crippen LogP contribution in [0.4, 0.5) is 5.95 Å². The van der Waals surface area contributed by atoms with Crippen molar-refractivity contribution in [2.45, 2.75) is 18.4 Å². The monoisotopic (exact) mass is 301 g/mol. The topological polar surface area (TPSA) is 58.5 Å². The first-order valence-electron chi connectivity index (χ1n) is 5.58. The van der Waals surface area contributed by atoms with Crippen LogP contribution >= 0.6 is 15.9 Å². The highest BCUT2D eigenvalue weighted by atomic mass is 79.9. The van der Waals surface area contributed by atoms with E-state index in [1.165, 1.54) is 0 Å². The molecule has 1 aromatic heterocycles. The molecule has 1 saturated heterocycles. The average molecular weight is 302 g/mol. The zero-order valence-electron chi connectivity index (χ0n) is 9.77. The first kappa shape index (κ1) is 12.7. The zero-order valence-corrected chi connectivity index (χ0v) is 11.4. The predicted octanol–water partition coefficient (Wildman–Crippen LogP) is 1.22. The number of halogens is 1. The number of aliphatic hydroxyl groups is 1. The lowest BCUT2D eigenvalue weighted by atomic mass is 9.94. The van der Waals surface area contributed by atoms with Crippen LogP contribution in [0.1, 0.15) is 12.8 Å². The summed E-state index contributed by atoms with van der Waals surface area (Å²) < 4.78 is 6.10. The molecule has 6 heteroatoms. The highest BCUT2D eigenvalue weighted by Gasteiger charge is 2.31. The van der Waals surface area contributed by atoms with E-state index < -0.39 is 5.60 Å². The van der Waals surface area contributed by atoms with Crippen LogP contribution < -0.4 is 4.90 Å². The van der Waals surface area contributed by atoms with E-state index >= 15 is 0 Å². The van der Waals surface area contributed by atoms with Gasteiger partial charge in [-0.05, 0) is 15.9 Å². The van der Waals surface area contributed by atoms with E-state index in [2.05, 4.69) is 25.9 Å². The fourth-order valence-corrected chi connectivity index (χ4v) is 2.13. The minimum Gasteiger partial charge on any atom is -0.388 e. The van der Waals surface area contributed by atoms with Crippen molar-refractivity contribution < 1.29 is 9.84 Å². The Balaban J connectivity index is 2.00. The quantitative estimate of drug-likeness (QED) is 0.909. The molecule has 2 rings (SSSR count). The van der Waals surface area contributed by atoms with E-state index in [1.807, 2.05) is 11.9 Å². The summed E-state index contributed by atoms with van der Waals surface area (Å²) in [6, 6.07) is 0. The summed E-state index contributed by atoms with van der Waals surface area (Å²) >= 11 is 3.29. The Labute approximate surface area is 109 Å². The van der Waals surface area contributed by atoms with Gasteiger partial charge in [-0.1, -0.05) is 0 Å². The lowest BCUT2D eigenvalue weighted by molar-refractivity contribution is -0.0574. The molecule has 1 aromatic rings. The van der Waals surface area contributed by atoms with Crippen LogP contribution in [0, 0.1) is 0 Å². The number of ether oxygens (including phenoxy) is 1. The summed E-state index contributed by atoms with van der Waals surface area (Å²) in [4.78, 5) is 10.3. The van der Waals surface area contributed by atoms with Crippen LogP contribution in [0.2, 0.25) is 0 Å². The molecule has 1 aliphatic heterocycles. The molecule has 1 fully saturated rings. The molecule has 0 atom stereocenters. The number of rotatable bonds is 3. The molecule has 94 valence electrons. The van der Waals surface area contributed by atoms with Gasteiger partial charge in [-0.15, -0.1) is 0 Å². The lowest BCUT2D eigenvalue weighted by Crippen LogP contribution is -2.46. The van der Waals surface area contributed by atoms with Gasteiger partial charge in [0.15, 0.2) is 0 Å². The molecular weight excluding hydrogens is 286 g/mol. The van der Waals surface area contributed by atoms with Gasteiger partial charge in [-0.3, -0.25) is 0 Å². The molecule has 0 aromatic carbocycles. The Morgan fingerprint density at radius 2 is 2.00 bits per heavy atom. The molecule has 0 spiro atoms. The second-order valence-electron chi connectivity index (χ2n) is 4.39. The van der Waals surface area contributed by atoms with Gasteiger partial charge in [-0.25, -0.2) is 9.97 Å². The highest BCUT2D eigenvalue weighted by Crippen LogP contribution is 2.22. The van der Waals surface area contributed by atoms with E-state index in [1.54, 1.807) is 12.4 Å². The summed E-state index contributed by atoms with van der Waals surface area (Å²) in [5.74, 6) is 0.619. The Morgan fingerprint density at radius 3 is 2.59 bits per heavy atom. The first-order valence-corrected chi connectivity index (χ1v) is 6.37. The van der Waals surface area contributed by atoms with Gasteiger partial charge in [0.1, 0.15) is 0 Å². The molecule has 0 amide bonds.